The van der Waals surface area contributed by atoms with Crippen molar-refractivity contribution in [2.75, 3.05) is 13.1 Å². The van der Waals surface area contributed by atoms with Crippen molar-refractivity contribution in [3.8, 4) is 0 Å². The Morgan fingerprint density at radius 2 is 2.00 bits per heavy atom. The average molecular weight is 280 g/mol. The zero-order valence-electron chi connectivity index (χ0n) is 12.4. The van der Waals surface area contributed by atoms with Crippen molar-refractivity contribution in [1.29, 1.82) is 0 Å². The van der Waals surface area contributed by atoms with E-state index in [1.807, 2.05) is 0 Å². The van der Waals surface area contributed by atoms with Crippen LogP contribution in [0.25, 0.3) is 5.57 Å². The van der Waals surface area contributed by atoms with Crippen LogP contribution in [-0.2, 0) is 13.0 Å². The summed E-state index contributed by atoms with van der Waals surface area (Å²) in [4.78, 5) is 4.58. The first-order valence-corrected chi connectivity index (χ1v) is 7.74. The molecule has 3 heterocycles. The van der Waals surface area contributed by atoms with Crippen molar-refractivity contribution in [1.82, 2.24) is 20.1 Å². The number of nitrogens with one attached hydrogen (secondary N) is 1. The number of aryl methyl sites for hydroxylation is 2. The summed E-state index contributed by atoms with van der Waals surface area (Å²) in [5.74, 6) is 1.05. The first kappa shape index (κ1) is 12.8. The van der Waals surface area contributed by atoms with E-state index in [0.717, 1.165) is 44.7 Å². The maximum atomic E-state index is 4.58. The molecule has 4 rings (SSSR count). The summed E-state index contributed by atoms with van der Waals surface area (Å²) in [5.41, 5.74) is 7.08. The van der Waals surface area contributed by atoms with Crippen LogP contribution < -0.4 is 5.32 Å². The summed E-state index contributed by atoms with van der Waals surface area (Å²) in [6.07, 6.45) is 4.94. The van der Waals surface area contributed by atoms with Gasteiger partial charge in [-0.05, 0) is 56.0 Å². The quantitative estimate of drug-likeness (QED) is 0.805. The third kappa shape index (κ3) is 2.10. The maximum Gasteiger partial charge on any atom is 0.158 e. The van der Waals surface area contributed by atoms with Crippen LogP contribution in [0.4, 0.5) is 0 Å². The third-order valence-electron chi connectivity index (χ3n) is 4.65. The normalized spacial score (nSPS) is 18.1. The van der Waals surface area contributed by atoms with Gasteiger partial charge in [0.15, 0.2) is 5.82 Å². The van der Waals surface area contributed by atoms with E-state index in [1.54, 1.807) is 6.33 Å². The number of benzene rings is 1. The SMILES string of the molecule is Cc1cccc2c1CCn1ncnc1C2=C1CCNCC1. The van der Waals surface area contributed by atoms with E-state index >= 15 is 0 Å². The Bertz CT molecular complexity index is 703. The molecule has 0 spiro atoms. The minimum Gasteiger partial charge on any atom is -0.316 e. The van der Waals surface area contributed by atoms with E-state index < -0.39 is 0 Å². The van der Waals surface area contributed by atoms with Crippen LogP contribution in [-0.4, -0.2) is 27.9 Å². The van der Waals surface area contributed by atoms with E-state index in [1.165, 1.54) is 27.8 Å². The monoisotopic (exact) mass is 280 g/mol. The lowest BCUT2D eigenvalue weighted by molar-refractivity contribution is 0.602. The molecule has 1 aromatic heterocycles. The summed E-state index contributed by atoms with van der Waals surface area (Å²) in [6.45, 7) is 5.26. The molecule has 4 nitrogen and oxygen atoms in total. The van der Waals surface area contributed by atoms with E-state index in [-0.39, 0.29) is 0 Å². The Kier molecular flexibility index (Phi) is 3.11. The van der Waals surface area contributed by atoms with Gasteiger partial charge in [0.25, 0.3) is 0 Å². The highest BCUT2D eigenvalue weighted by atomic mass is 15.3. The first-order valence-electron chi connectivity index (χ1n) is 7.74. The minimum atomic E-state index is 0.919. The van der Waals surface area contributed by atoms with Crippen LogP contribution in [0.2, 0.25) is 0 Å². The van der Waals surface area contributed by atoms with Crippen LogP contribution in [0.1, 0.15) is 35.4 Å². The Hall–Kier alpha value is -1.94. The van der Waals surface area contributed by atoms with Gasteiger partial charge in [-0.15, -0.1) is 0 Å². The van der Waals surface area contributed by atoms with Crippen LogP contribution in [0, 0.1) is 6.92 Å². The van der Waals surface area contributed by atoms with Gasteiger partial charge in [-0.1, -0.05) is 23.8 Å². The number of aromatic nitrogens is 3. The molecule has 4 heteroatoms. The molecule has 2 aliphatic heterocycles. The predicted octanol–water partition coefficient (Wildman–Crippen LogP) is 2.33. The average Bonchev–Trinajstić information content (AvgIpc) is 2.90. The number of rotatable bonds is 0. The molecule has 1 aromatic carbocycles. The Morgan fingerprint density at radius 3 is 2.86 bits per heavy atom. The molecule has 1 fully saturated rings. The van der Waals surface area contributed by atoms with Crippen molar-refractivity contribution in [3.63, 3.8) is 0 Å². The predicted molar refractivity (Wildman–Crippen MR) is 83.0 cm³/mol. The molecule has 21 heavy (non-hydrogen) atoms. The molecule has 1 saturated heterocycles. The lowest BCUT2D eigenvalue weighted by atomic mass is 9.88. The van der Waals surface area contributed by atoms with Crippen molar-refractivity contribution >= 4 is 5.57 Å². The van der Waals surface area contributed by atoms with E-state index in [4.69, 9.17) is 0 Å². The van der Waals surface area contributed by atoms with Gasteiger partial charge in [0.2, 0.25) is 0 Å². The molecule has 2 aromatic rings. The van der Waals surface area contributed by atoms with Gasteiger partial charge in [0.1, 0.15) is 6.33 Å². The highest BCUT2D eigenvalue weighted by Crippen LogP contribution is 2.35. The molecule has 1 N–H and O–H groups in total. The van der Waals surface area contributed by atoms with E-state index in [9.17, 15) is 0 Å². The second-order valence-corrected chi connectivity index (χ2v) is 5.89. The lowest BCUT2D eigenvalue weighted by Crippen LogP contribution is -2.24. The number of piperidine rings is 1. The van der Waals surface area contributed by atoms with Gasteiger partial charge in [0.05, 0.1) is 0 Å². The fourth-order valence-corrected chi connectivity index (χ4v) is 3.56. The van der Waals surface area contributed by atoms with Gasteiger partial charge >= 0.3 is 0 Å². The fourth-order valence-electron chi connectivity index (χ4n) is 3.56. The summed E-state index contributed by atoms with van der Waals surface area (Å²) >= 11 is 0. The molecule has 0 radical (unpaired) electrons. The second-order valence-electron chi connectivity index (χ2n) is 5.89. The molecule has 0 amide bonds. The van der Waals surface area contributed by atoms with Crippen LogP contribution in [0.5, 0.6) is 0 Å². The molecule has 0 unspecified atom stereocenters. The number of nitrogens with zero attached hydrogens (tertiary/aromatic N) is 3. The Morgan fingerprint density at radius 1 is 1.14 bits per heavy atom. The second kappa shape index (κ2) is 5.11. The van der Waals surface area contributed by atoms with Crippen LogP contribution >= 0.6 is 0 Å². The molecule has 108 valence electrons. The topological polar surface area (TPSA) is 42.7 Å². The molecule has 0 bridgehead atoms. The van der Waals surface area contributed by atoms with Gasteiger partial charge < -0.3 is 5.32 Å². The molecular formula is C17H20N4. The van der Waals surface area contributed by atoms with Gasteiger partial charge in [-0.2, -0.15) is 5.10 Å². The molecule has 0 atom stereocenters. The smallest absolute Gasteiger partial charge is 0.158 e. The van der Waals surface area contributed by atoms with Crippen molar-refractivity contribution in [3.05, 3.63) is 52.6 Å². The molecule has 0 aliphatic carbocycles. The Balaban J connectivity index is 1.99. The zero-order chi connectivity index (χ0) is 14.2. The van der Waals surface area contributed by atoms with Crippen molar-refractivity contribution in [2.24, 2.45) is 0 Å². The number of hydrogen-bond acceptors (Lipinski definition) is 3. The van der Waals surface area contributed by atoms with E-state index in [2.05, 4.69) is 45.2 Å². The minimum absolute atomic E-state index is 0.919. The summed E-state index contributed by atoms with van der Waals surface area (Å²) in [6, 6.07) is 6.64. The summed E-state index contributed by atoms with van der Waals surface area (Å²) < 4.78 is 2.07. The maximum absolute atomic E-state index is 4.58. The van der Waals surface area contributed by atoms with Gasteiger partial charge in [0, 0.05) is 12.1 Å². The largest absolute Gasteiger partial charge is 0.316 e. The Labute approximate surface area is 124 Å². The highest BCUT2D eigenvalue weighted by Gasteiger charge is 2.24. The standard InChI is InChI=1S/C17H20N4/c1-12-3-2-4-15-14(12)7-10-21-17(19-11-20-21)16(15)13-5-8-18-9-6-13/h2-4,11,18H,5-10H2,1H3. The highest BCUT2D eigenvalue weighted by molar-refractivity contribution is 5.81. The summed E-state index contributed by atoms with van der Waals surface area (Å²) in [5, 5.41) is 7.88. The van der Waals surface area contributed by atoms with Crippen LogP contribution in [0.15, 0.2) is 30.1 Å². The van der Waals surface area contributed by atoms with Gasteiger partial charge in [-0.3, -0.25) is 0 Å². The van der Waals surface area contributed by atoms with Crippen molar-refractivity contribution < 1.29 is 0 Å². The van der Waals surface area contributed by atoms with Gasteiger partial charge in [-0.25, -0.2) is 9.67 Å². The number of fused-ring (bicyclic) bond motifs is 2. The molecular weight excluding hydrogens is 260 g/mol. The fraction of sp³-hybridized carbons (Fsp3) is 0.412. The molecule has 0 saturated carbocycles. The molecule has 2 aliphatic rings. The van der Waals surface area contributed by atoms with Crippen LogP contribution in [0.3, 0.4) is 0 Å². The van der Waals surface area contributed by atoms with E-state index in [0.29, 0.717) is 0 Å². The lowest BCUT2D eigenvalue weighted by Gasteiger charge is -2.21. The third-order valence-corrected chi connectivity index (χ3v) is 4.65. The number of hydrogen-bond donors (Lipinski definition) is 1. The summed E-state index contributed by atoms with van der Waals surface area (Å²) in [7, 11) is 0. The van der Waals surface area contributed by atoms with Crippen molar-refractivity contribution in [2.45, 2.75) is 32.7 Å². The first-order chi connectivity index (χ1) is 10.3. The zero-order valence-corrected chi connectivity index (χ0v) is 12.4.